The predicted octanol–water partition coefficient (Wildman–Crippen LogP) is 1.75. The van der Waals surface area contributed by atoms with Crippen LogP contribution in [-0.2, 0) is 11.8 Å². The molecule has 1 amide bonds. The van der Waals surface area contributed by atoms with Crippen molar-refractivity contribution in [3.63, 3.8) is 0 Å². The van der Waals surface area contributed by atoms with Crippen LogP contribution in [0.2, 0.25) is 0 Å². The van der Waals surface area contributed by atoms with Crippen LogP contribution in [0.1, 0.15) is 25.6 Å². The molecule has 9 heteroatoms. The van der Waals surface area contributed by atoms with Crippen molar-refractivity contribution in [2.24, 2.45) is 7.05 Å². The maximum Gasteiger partial charge on any atom is 0.281 e. The van der Waals surface area contributed by atoms with Crippen molar-refractivity contribution in [2.75, 3.05) is 37.7 Å². The summed E-state index contributed by atoms with van der Waals surface area (Å²) < 4.78 is 8.92. The molecule has 2 aromatic heterocycles. The molecule has 0 N–H and O–H groups in total. The first-order chi connectivity index (χ1) is 14.9. The number of carbonyl (C=O) groups excluding carboxylic acids is 1. The van der Waals surface area contributed by atoms with Crippen LogP contribution >= 0.6 is 0 Å². The minimum absolute atomic E-state index is 0.0137. The van der Waals surface area contributed by atoms with E-state index in [2.05, 4.69) is 10.00 Å². The molecule has 9 nitrogen and oxygen atoms in total. The minimum atomic E-state index is -0.0899. The Morgan fingerprint density at radius 1 is 1.13 bits per heavy atom. The third kappa shape index (κ3) is 3.99. The van der Waals surface area contributed by atoms with Gasteiger partial charge in [-0.15, -0.1) is 0 Å². The van der Waals surface area contributed by atoms with Gasteiger partial charge < -0.3 is 14.5 Å². The van der Waals surface area contributed by atoms with Crippen LogP contribution in [0.25, 0.3) is 11.0 Å². The molecule has 1 aromatic carbocycles. The van der Waals surface area contributed by atoms with Crippen LogP contribution < -0.4 is 15.2 Å². The summed E-state index contributed by atoms with van der Waals surface area (Å²) >= 11 is 0. The Bertz CT molecular complexity index is 1140. The molecule has 3 aromatic rings. The normalized spacial score (nSPS) is 14.5. The van der Waals surface area contributed by atoms with Gasteiger partial charge in [-0.2, -0.15) is 5.10 Å². The quantitative estimate of drug-likeness (QED) is 0.620. The number of aryl methyl sites for hydroxylation is 2. The number of anilines is 1. The first-order valence-electron chi connectivity index (χ1n) is 10.5. The Morgan fingerprint density at radius 3 is 2.45 bits per heavy atom. The summed E-state index contributed by atoms with van der Waals surface area (Å²) in [5, 5.41) is 4.37. The number of aromatic nitrogens is 4. The van der Waals surface area contributed by atoms with Crippen LogP contribution in [0.15, 0.2) is 35.1 Å². The van der Waals surface area contributed by atoms with Gasteiger partial charge in [-0.25, -0.2) is 4.98 Å². The lowest BCUT2D eigenvalue weighted by molar-refractivity contribution is -0.133. The number of hydrogen-bond acceptors (Lipinski definition) is 6. The van der Waals surface area contributed by atoms with E-state index in [0.717, 1.165) is 5.69 Å². The van der Waals surface area contributed by atoms with Crippen molar-refractivity contribution in [2.45, 2.75) is 26.8 Å². The van der Waals surface area contributed by atoms with Gasteiger partial charge in [-0.1, -0.05) is 18.2 Å². The van der Waals surface area contributed by atoms with Gasteiger partial charge >= 0.3 is 0 Å². The van der Waals surface area contributed by atoms with E-state index >= 15 is 0 Å². The average molecular weight is 425 g/mol. The Hall–Kier alpha value is -3.36. The topological polar surface area (TPSA) is 85.5 Å². The Morgan fingerprint density at radius 2 is 1.81 bits per heavy atom. The van der Waals surface area contributed by atoms with Crippen LogP contribution in [0.3, 0.4) is 0 Å². The van der Waals surface area contributed by atoms with Crippen LogP contribution in [-0.4, -0.2) is 62.9 Å². The second kappa shape index (κ2) is 8.41. The van der Waals surface area contributed by atoms with E-state index in [4.69, 9.17) is 9.72 Å². The largest absolute Gasteiger partial charge is 0.484 e. The number of para-hydroxylation sites is 1. The number of amides is 1. The van der Waals surface area contributed by atoms with Gasteiger partial charge in [-0.3, -0.25) is 18.8 Å². The fourth-order valence-electron chi connectivity index (χ4n) is 3.98. The third-order valence-electron chi connectivity index (χ3n) is 5.58. The number of ether oxygens (including phenoxy) is 1. The van der Waals surface area contributed by atoms with E-state index in [9.17, 15) is 9.59 Å². The highest BCUT2D eigenvalue weighted by molar-refractivity contribution is 5.79. The number of rotatable bonds is 5. The summed E-state index contributed by atoms with van der Waals surface area (Å²) in [7, 11) is 1.77. The van der Waals surface area contributed by atoms with Crippen molar-refractivity contribution in [1.29, 1.82) is 0 Å². The van der Waals surface area contributed by atoms with E-state index in [1.807, 2.05) is 51.1 Å². The lowest BCUT2D eigenvalue weighted by atomic mass is 10.3. The second-order valence-corrected chi connectivity index (χ2v) is 8.06. The molecule has 1 fully saturated rings. The van der Waals surface area contributed by atoms with Gasteiger partial charge in [-0.05, 0) is 32.9 Å². The number of benzene rings is 1. The Kier molecular flexibility index (Phi) is 5.67. The highest BCUT2D eigenvalue weighted by Crippen LogP contribution is 2.22. The van der Waals surface area contributed by atoms with E-state index in [-0.39, 0.29) is 24.1 Å². The molecule has 3 heterocycles. The molecule has 164 valence electrons. The van der Waals surface area contributed by atoms with Crippen LogP contribution in [0.4, 0.5) is 5.95 Å². The molecule has 31 heavy (non-hydrogen) atoms. The average Bonchev–Trinajstić information content (AvgIpc) is 3.06. The maximum absolute atomic E-state index is 13.2. The van der Waals surface area contributed by atoms with Gasteiger partial charge in [0, 0.05) is 39.3 Å². The maximum atomic E-state index is 13.2. The number of hydrogen-bond donors (Lipinski definition) is 0. The van der Waals surface area contributed by atoms with Crippen molar-refractivity contribution < 1.29 is 9.53 Å². The highest BCUT2D eigenvalue weighted by Gasteiger charge is 2.27. The second-order valence-electron chi connectivity index (χ2n) is 8.06. The van der Waals surface area contributed by atoms with Gasteiger partial charge in [0.1, 0.15) is 11.3 Å². The highest BCUT2D eigenvalue weighted by atomic mass is 16.5. The van der Waals surface area contributed by atoms with E-state index in [0.29, 0.717) is 48.9 Å². The third-order valence-corrected chi connectivity index (χ3v) is 5.58. The standard InChI is InChI=1S/C22H28N6O3/c1-15(2)28-21(30)20-19(16(3)24-25(20)4)23-22(28)27-12-10-26(11-13-27)18(29)14-31-17-8-6-5-7-9-17/h5-9,15H,10-14H2,1-4H3. The van der Waals surface area contributed by atoms with Crippen molar-refractivity contribution in [1.82, 2.24) is 24.2 Å². The molecule has 1 aliphatic rings. The summed E-state index contributed by atoms with van der Waals surface area (Å²) in [4.78, 5) is 34.5. The molecular weight excluding hydrogens is 396 g/mol. The van der Waals surface area contributed by atoms with E-state index < -0.39 is 0 Å². The molecular formula is C22H28N6O3. The zero-order valence-electron chi connectivity index (χ0n) is 18.4. The lowest BCUT2D eigenvalue weighted by Crippen LogP contribution is -2.51. The van der Waals surface area contributed by atoms with E-state index in [1.165, 1.54) is 0 Å². The Labute approximate surface area is 180 Å². The van der Waals surface area contributed by atoms with Crippen molar-refractivity contribution >= 4 is 22.9 Å². The number of piperazine rings is 1. The zero-order chi connectivity index (χ0) is 22.1. The minimum Gasteiger partial charge on any atom is -0.484 e. The fraction of sp³-hybridized carbons (Fsp3) is 0.455. The Balaban J connectivity index is 1.50. The molecule has 1 saturated heterocycles. The van der Waals surface area contributed by atoms with E-state index in [1.54, 1.807) is 21.2 Å². The number of nitrogens with zero attached hydrogens (tertiary/aromatic N) is 6. The first-order valence-corrected chi connectivity index (χ1v) is 10.5. The molecule has 0 atom stereocenters. The lowest BCUT2D eigenvalue weighted by Gasteiger charge is -2.36. The fourth-order valence-corrected chi connectivity index (χ4v) is 3.98. The summed E-state index contributed by atoms with van der Waals surface area (Å²) in [6.07, 6.45) is 0. The molecule has 4 rings (SSSR count). The van der Waals surface area contributed by atoms with Crippen LogP contribution in [0.5, 0.6) is 5.75 Å². The molecule has 1 aliphatic heterocycles. The first kappa shape index (κ1) is 20.9. The van der Waals surface area contributed by atoms with Gasteiger partial charge in [0.25, 0.3) is 11.5 Å². The zero-order valence-corrected chi connectivity index (χ0v) is 18.4. The predicted molar refractivity (Wildman–Crippen MR) is 119 cm³/mol. The molecule has 0 unspecified atom stereocenters. The van der Waals surface area contributed by atoms with Gasteiger partial charge in [0.15, 0.2) is 12.1 Å². The van der Waals surface area contributed by atoms with Gasteiger partial charge in [0.2, 0.25) is 5.95 Å². The summed E-state index contributed by atoms with van der Waals surface area (Å²) in [6, 6.07) is 9.27. The summed E-state index contributed by atoms with van der Waals surface area (Å²) in [5.74, 6) is 1.27. The summed E-state index contributed by atoms with van der Waals surface area (Å²) in [5.41, 5.74) is 1.79. The number of carbonyl (C=O) groups is 1. The monoisotopic (exact) mass is 424 g/mol. The molecule has 0 bridgehead atoms. The molecule has 0 aliphatic carbocycles. The SMILES string of the molecule is Cc1nn(C)c2c(=O)n(C(C)C)c(N3CCN(C(=O)COc4ccccc4)CC3)nc12. The molecule has 0 saturated carbocycles. The van der Waals surface area contributed by atoms with Crippen molar-refractivity contribution in [3.8, 4) is 5.75 Å². The van der Waals surface area contributed by atoms with Gasteiger partial charge in [0.05, 0.1) is 5.69 Å². The van der Waals surface area contributed by atoms with Crippen molar-refractivity contribution in [3.05, 3.63) is 46.4 Å². The molecule has 0 radical (unpaired) electrons. The molecule has 0 spiro atoms. The smallest absolute Gasteiger partial charge is 0.281 e. The van der Waals surface area contributed by atoms with Crippen LogP contribution in [0, 0.1) is 6.92 Å². The number of fused-ring (bicyclic) bond motifs is 1. The summed E-state index contributed by atoms with van der Waals surface area (Å²) in [6.45, 7) is 8.12.